The lowest BCUT2D eigenvalue weighted by molar-refractivity contribution is -0.134. The van der Waals surface area contributed by atoms with Crippen LogP contribution in [0.5, 0.6) is 5.75 Å². The fraction of sp³-hybridized carbons (Fsp3) is 0.278. The Labute approximate surface area is 156 Å². The first-order valence-corrected chi connectivity index (χ1v) is 8.82. The Morgan fingerprint density at radius 3 is 2.65 bits per heavy atom. The molecule has 26 heavy (non-hydrogen) atoms. The number of methoxy groups -OCH3 is 1. The molecule has 0 radical (unpaired) electrons. The predicted molar refractivity (Wildman–Crippen MR) is 101 cm³/mol. The summed E-state index contributed by atoms with van der Waals surface area (Å²) in [6, 6.07) is 9.65. The van der Waals surface area contributed by atoms with E-state index in [0.717, 1.165) is 0 Å². The van der Waals surface area contributed by atoms with E-state index in [-0.39, 0.29) is 24.3 Å². The summed E-state index contributed by atoms with van der Waals surface area (Å²) in [7, 11) is 3.06. The zero-order chi connectivity index (χ0) is 19.1. The van der Waals surface area contributed by atoms with Gasteiger partial charge in [-0.25, -0.2) is 0 Å². The van der Waals surface area contributed by atoms with E-state index < -0.39 is 6.04 Å². The van der Waals surface area contributed by atoms with Crippen molar-refractivity contribution in [1.29, 1.82) is 0 Å². The van der Waals surface area contributed by atoms with Crippen LogP contribution in [-0.4, -0.2) is 49.4 Å². The molecule has 0 fully saturated rings. The van der Waals surface area contributed by atoms with E-state index in [1.54, 1.807) is 55.8 Å². The molecule has 2 rings (SSSR count). The number of carbonyl (C=O) groups excluding carboxylic acids is 3. The van der Waals surface area contributed by atoms with Crippen LogP contribution in [0.25, 0.3) is 0 Å². The van der Waals surface area contributed by atoms with E-state index in [9.17, 15) is 14.4 Å². The maximum Gasteiger partial charge on any atom is 0.261 e. The van der Waals surface area contributed by atoms with Crippen molar-refractivity contribution >= 4 is 34.7 Å². The summed E-state index contributed by atoms with van der Waals surface area (Å²) in [5.74, 6) is -0.381. The summed E-state index contributed by atoms with van der Waals surface area (Å²) >= 11 is 1.30. The van der Waals surface area contributed by atoms with Gasteiger partial charge in [0.2, 0.25) is 11.8 Å². The van der Waals surface area contributed by atoms with Crippen molar-refractivity contribution in [3.05, 3.63) is 46.7 Å². The number of hydrogen-bond acceptors (Lipinski definition) is 5. The van der Waals surface area contributed by atoms with Gasteiger partial charge < -0.3 is 20.3 Å². The number of benzene rings is 1. The normalized spacial score (nSPS) is 11.3. The molecule has 8 heteroatoms. The van der Waals surface area contributed by atoms with Gasteiger partial charge in [0, 0.05) is 18.8 Å². The number of nitrogens with zero attached hydrogens (tertiary/aromatic N) is 1. The molecule has 2 N–H and O–H groups in total. The van der Waals surface area contributed by atoms with Crippen LogP contribution in [0.3, 0.4) is 0 Å². The van der Waals surface area contributed by atoms with Crippen molar-refractivity contribution in [1.82, 2.24) is 10.2 Å². The Morgan fingerprint density at radius 2 is 2.00 bits per heavy atom. The number of carbonyl (C=O) groups is 3. The first-order chi connectivity index (χ1) is 12.4. The molecule has 1 aromatic carbocycles. The van der Waals surface area contributed by atoms with Crippen molar-refractivity contribution in [3.8, 4) is 5.75 Å². The van der Waals surface area contributed by atoms with Crippen LogP contribution in [0.2, 0.25) is 0 Å². The molecule has 3 amide bonds. The van der Waals surface area contributed by atoms with E-state index >= 15 is 0 Å². The standard InChI is InChI=1S/C18H21N3O4S/c1-12(19-17(23)15-8-5-9-26-15)18(24)21(2)11-16(22)20-13-6-4-7-14(10-13)25-3/h4-10,12H,11H2,1-3H3,(H,19,23)(H,20,22). The van der Waals surface area contributed by atoms with E-state index in [2.05, 4.69) is 10.6 Å². The summed E-state index contributed by atoms with van der Waals surface area (Å²) in [5.41, 5.74) is 0.578. The third-order valence-corrected chi connectivity index (χ3v) is 4.44. The Balaban J connectivity index is 1.86. The molecule has 7 nitrogen and oxygen atoms in total. The van der Waals surface area contributed by atoms with Gasteiger partial charge in [0.25, 0.3) is 5.91 Å². The summed E-state index contributed by atoms with van der Waals surface area (Å²) in [5, 5.41) is 7.13. The maximum absolute atomic E-state index is 12.4. The molecule has 2 aromatic rings. The van der Waals surface area contributed by atoms with E-state index in [1.807, 2.05) is 0 Å². The smallest absolute Gasteiger partial charge is 0.261 e. The van der Waals surface area contributed by atoms with Gasteiger partial charge in [-0.05, 0) is 30.5 Å². The second-order valence-corrected chi connectivity index (χ2v) is 6.59. The van der Waals surface area contributed by atoms with Crippen LogP contribution >= 0.6 is 11.3 Å². The number of amides is 3. The minimum atomic E-state index is -0.737. The number of anilines is 1. The highest BCUT2D eigenvalue weighted by atomic mass is 32.1. The van der Waals surface area contributed by atoms with Gasteiger partial charge in [-0.15, -0.1) is 11.3 Å². The number of likely N-dealkylation sites (N-methyl/N-ethyl adjacent to an activating group) is 1. The molecule has 1 aromatic heterocycles. The molecule has 138 valence electrons. The largest absolute Gasteiger partial charge is 0.497 e. The molecule has 0 bridgehead atoms. The molecule has 0 aliphatic rings. The van der Waals surface area contributed by atoms with Crippen molar-refractivity contribution in [3.63, 3.8) is 0 Å². The number of ether oxygens (including phenoxy) is 1. The monoisotopic (exact) mass is 375 g/mol. The molecular formula is C18H21N3O4S. The van der Waals surface area contributed by atoms with Crippen LogP contribution in [0, 0.1) is 0 Å². The zero-order valence-corrected chi connectivity index (χ0v) is 15.6. The average molecular weight is 375 g/mol. The second-order valence-electron chi connectivity index (χ2n) is 5.65. The van der Waals surface area contributed by atoms with Crippen molar-refractivity contribution in [2.45, 2.75) is 13.0 Å². The van der Waals surface area contributed by atoms with Crippen LogP contribution < -0.4 is 15.4 Å². The maximum atomic E-state index is 12.4. The van der Waals surface area contributed by atoms with E-state index in [4.69, 9.17) is 4.74 Å². The van der Waals surface area contributed by atoms with Gasteiger partial charge in [-0.2, -0.15) is 0 Å². The van der Waals surface area contributed by atoms with Crippen molar-refractivity contribution in [2.24, 2.45) is 0 Å². The molecule has 0 saturated carbocycles. The number of nitrogens with one attached hydrogen (secondary N) is 2. The van der Waals surface area contributed by atoms with E-state index in [0.29, 0.717) is 16.3 Å². The number of rotatable bonds is 7. The summed E-state index contributed by atoms with van der Waals surface area (Å²) < 4.78 is 5.10. The predicted octanol–water partition coefficient (Wildman–Crippen LogP) is 1.97. The molecule has 0 saturated heterocycles. The topological polar surface area (TPSA) is 87.7 Å². The lowest BCUT2D eigenvalue weighted by Crippen LogP contribution is -2.47. The highest BCUT2D eigenvalue weighted by Gasteiger charge is 2.22. The van der Waals surface area contributed by atoms with Crippen LogP contribution in [0.15, 0.2) is 41.8 Å². The lowest BCUT2D eigenvalue weighted by Gasteiger charge is -2.21. The molecule has 1 unspecified atom stereocenters. The molecule has 0 spiro atoms. The van der Waals surface area contributed by atoms with Crippen molar-refractivity contribution in [2.75, 3.05) is 26.0 Å². The molecule has 1 heterocycles. The van der Waals surface area contributed by atoms with E-state index in [1.165, 1.54) is 23.3 Å². The summed E-state index contributed by atoms with van der Waals surface area (Å²) in [4.78, 5) is 38.3. The molecular weight excluding hydrogens is 354 g/mol. The SMILES string of the molecule is COc1cccc(NC(=O)CN(C)C(=O)C(C)NC(=O)c2cccs2)c1. The first-order valence-electron chi connectivity index (χ1n) is 7.94. The minimum Gasteiger partial charge on any atom is -0.497 e. The average Bonchev–Trinajstić information content (AvgIpc) is 3.15. The van der Waals surface area contributed by atoms with Crippen LogP contribution in [0.4, 0.5) is 5.69 Å². The van der Waals surface area contributed by atoms with Gasteiger partial charge >= 0.3 is 0 Å². The minimum absolute atomic E-state index is 0.130. The number of hydrogen-bond donors (Lipinski definition) is 2. The van der Waals surface area contributed by atoms with Gasteiger partial charge in [0.15, 0.2) is 0 Å². The Hall–Kier alpha value is -2.87. The zero-order valence-electron chi connectivity index (χ0n) is 14.8. The highest BCUT2D eigenvalue weighted by molar-refractivity contribution is 7.12. The third kappa shape index (κ3) is 5.32. The fourth-order valence-electron chi connectivity index (χ4n) is 2.26. The molecule has 0 aliphatic heterocycles. The van der Waals surface area contributed by atoms with Crippen molar-refractivity contribution < 1.29 is 19.1 Å². The van der Waals surface area contributed by atoms with Crippen LogP contribution in [0.1, 0.15) is 16.6 Å². The molecule has 1 atom stereocenters. The fourth-order valence-corrected chi connectivity index (χ4v) is 2.89. The molecule has 0 aliphatic carbocycles. The Kier molecular flexibility index (Phi) is 6.74. The summed E-state index contributed by atoms with van der Waals surface area (Å²) in [6.45, 7) is 1.46. The Morgan fingerprint density at radius 1 is 1.23 bits per heavy atom. The second kappa shape index (κ2) is 9.00. The first kappa shape index (κ1) is 19.5. The van der Waals surface area contributed by atoms with Gasteiger partial charge in [0.1, 0.15) is 11.8 Å². The third-order valence-electron chi connectivity index (χ3n) is 3.57. The number of thiophene rings is 1. The quantitative estimate of drug-likeness (QED) is 0.775. The Bertz CT molecular complexity index is 777. The lowest BCUT2D eigenvalue weighted by atomic mass is 10.2. The van der Waals surface area contributed by atoms with Gasteiger partial charge in [-0.1, -0.05) is 12.1 Å². The van der Waals surface area contributed by atoms with Gasteiger partial charge in [0.05, 0.1) is 18.5 Å². The van der Waals surface area contributed by atoms with Gasteiger partial charge in [-0.3, -0.25) is 14.4 Å². The van der Waals surface area contributed by atoms with Crippen LogP contribution in [-0.2, 0) is 9.59 Å². The summed E-state index contributed by atoms with van der Waals surface area (Å²) in [6.07, 6.45) is 0. The highest BCUT2D eigenvalue weighted by Crippen LogP contribution is 2.16.